The van der Waals surface area contributed by atoms with E-state index in [9.17, 15) is 18.0 Å². The van der Waals surface area contributed by atoms with Gasteiger partial charge in [-0.1, -0.05) is 0 Å². The van der Waals surface area contributed by atoms with Crippen LogP contribution in [0.3, 0.4) is 0 Å². The maximum Gasteiger partial charge on any atom is 0.425 e. The number of carbonyl (C=O) groups is 1. The van der Waals surface area contributed by atoms with E-state index in [1.165, 1.54) is 6.07 Å². The lowest BCUT2D eigenvalue weighted by molar-refractivity contribution is -0.134. The van der Waals surface area contributed by atoms with Crippen LogP contribution in [0.1, 0.15) is 15.2 Å². The predicted octanol–water partition coefficient (Wildman–Crippen LogP) is 2.41. The molecule has 2 aromatic heterocycles. The molecule has 0 fully saturated rings. The van der Waals surface area contributed by atoms with Crippen LogP contribution in [0.4, 0.5) is 13.2 Å². The maximum atomic E-state index is 12.4. The number of fused-ring (bicyclic) bond motifs is 1. The molecule has 0 atom stereocenters. The average Bonchev–Trinajstić information content (AvgIpc) is 2.58. The van der Waals surface area contributed by atoms with Crippen molar-refractivity contribution in [1.29, 1.82) is 0 Å². The van der Waals surface area contributed by atoms with Gasteiger partial charge in [-0.05, 0) is 12.1 Å². The van der Waals surface area contributed by atoms with Gasteiger partial charge in [0.1, 0.15) is 4.88 Å². The number of amides is 1. The van der Waals surface area contributed by atoms with E-state index in [4.69, 9.17) is 5.73 Å². The Bertz CT molecular complexity index is 561. The van der Waals surface area contributed by atoms with Crippen molar-refractivity contribution in [2.45, 2.75) is 6.18 Å². The first-order chi connectivity index (χ1) is 7.38. The third kappa shape index (κ3) is 1.85. The van der Waals surface area contributed by atoms with E-state index in [0.29, 0.717) is 16.0 Å². The largest absolute Gasteiger partial charge is 0.425 e. The minimum Gasteiger partial charge on any atom is -0.366 e. The van der Waals surface area contributed by atoms with Crippen LogP contribution in [0.15, 0.2) is 18.3 Å². The highest BCUT2D eigenvalue weighted by Gasteiger charge is 2.33. The molecule has 0 saturated carbocycles. The monoisotopic (exact) mass is 246 g/mol. The molecular formula is C9H5F3N2OS. The zero-order valence-electron chi connectivity index (χ0n) is 7.71. The van der Waals surface area contributed by atoms with Crippen LogP contribution in [0.2, 0.25) is 0 Å². The molecule has 0 aliphatic rings. The summed E-state index contributed by atoms with van der Waals surface area (Å²) in [6.07, 6.45) is -3.23. The Morgan fingerprint density at radius 2 is 2.06 bits per heavy atom. The number of thiophene rings is 1. The van der Waals surface area contributed by atoms with E-state index >= 15 is 0 Å². The number of alkyl halides is 3. The Morgan fingerprint density at radius 3 is 2.62 bits per heavy atom. The van der Waals surface area contributed by atoms with Crippen LogP contribution in [0, 0.1) is 0 Å². The first-order valence-electron chi connectivity index (χ1n) is 4.14. The fraction of sp³-hybridized carbons (Fsp3) is 0.111. The minimum absolute atomic E-state index is 0.100. The van der Waals surface area contributed by atoms with Crippen LogP contribution in [0.25, 0.3) is 10.2 Å². The fourth-order valence-electron chi connectivity index (χ4n) is 1.19. The molecule has 7 heteroatoms. The SMILES string of the molecule is NC(=O)c1cnc2cc(C(F)(F)F)sc2c1. The van der Waals surface area contributed by atoms with Gasteiger partial charge >= 0.3 is 6.18 Å². The summed E-state index contributed by atoms with van der Waals surface area (Å²) >= 11 is 0.541. The number of pyridine rings is 1. The van der Waals surface area contributed by atoms with Gasteiger partial charge in [-0.2, -0.15) is 13.2 Å². The number of rotatable bonds is 1. The first kappa shape index (κ1) is 10.9. The van der Waals surface area contributed by atoms with E-state index in [-0.39, 0.29) is 11.1 Å². The summed E-state index contributed by atoms with van der Waals surface area (Å²) in [4.78, 5) is 13.8. The lowest BCUT2D eigenvalue weighted by atomic mass is 10.2. The molecule has 0 bridgehead atoms. The number of primary amides is 1. The number of nitrogens with two attached hydrogens (primary N) is 1. The van der Waals surface area contributed by atoms with Gasteiger partial charge in [-0.15, -0.1) is 11.3 Å². The topological polar surface area (TPSA) is 56.0 Å². The van der Waals surface area contributed by atoms with Crippen molar-refractivity contribution >= 4 is 27.5 Å². The second-order valence-electron chi connectivity index (χ2n) is 3.08. The molecule has 2 heterocycles. The summed E-state index contributed by atoms with van der Waals surface area (Å²) < 4.78 is 37.4. The summed E-state index contributed by atoms with van der Waals surface area (Å²) in [6.45, 7) is 0. The van der Waals surface area contributed by atoms with Crippen LogP contribution >= 0.6 is 11.3 Å². The molecule has 1 amide bonds. The van der Waals surface area contributed by atoms with E-state index < -0.39 is 17.0 Å². The normalized spacial score (nSPS) is 11.9. The molecule has 0 aliphatic heterocycles. The highest BCUT2D eigenvalue weighted by atomic mass is 32.1. The second kappa shape index (κ2) is 3.44. The lowest BCUT2D eigenvalue weighted by Gasteiger charge is -1.99. The van der Waals surface area contributed by atoms with Crippen molar-refractivity contribution in [1.82, 2.24) is 4.98 Å². The van der Waals surface area contributed by atoms with Crippen LogP contribution in [-0.2, 0) is 6.18 Å². The van der Waals surface area contributed by atoms with Crippen LogP contribution < -0.4 is 5.73 Å². The smallest absolute Gasteiger partial charge is 0.366 e. The Labute approximate surface area is 91.7 Å². The van der Waals surface area contributed by atoms with Crippen molar-refractivity contribution in [3.63, 3.8) is 0 Å². The van der Waals surface area contributed by atoms with E-state index in [1.54, 1.807) is 0 Å². The third-order valence-corrected chi connectivity index (χ3v) is 3.05. The summed E-state index contributed by atoms with van der Waals surface area (Å²) in [5, 5.41) is 0. The van der Waals surface area contributed by atoms with Crippen molar-refractivity contribution in [3.05, 3.63) is 28.8 Å². The van der Waals surface area contributed by atoms with Gasteiger partial charge in [0.05, 0.1) is 15.8 Å². The summed E-state index contributed by atoms with van der Waals surface area (Å²) in [5.41, 5.74) is 5.31. The van der Waals surface area contributed by atoms with Gasteiger partial charge in [0.25, 0.3) is 0 Å². The van der Waals surface area contributed by atoms with Crippen molar-refractivity contribution in [2.24, 2.45) is 5.73 Å². The highest BCUT2D eigenvalue weighted by molar-refractivity contribution is 7.19. The van der Waals surface area contributed by atoms with Gasteiger partial charge < -0.3 is 5.73 Å². The number of hydrogen-bond donors (Lipinski definition) is 1. The van der Waals surface area contributed by atoms with E-state index in [0.717, 1.165) is 12.3 Å². The molecule has 84 valence electrons. The van der Waals surface area contributed by atoms with Crippen LogP contribution in [-0.4, -0.2) is 10.9 Å². The molecule has 0 radical (unpaired) electrons. The average molecular weight is 246 g/mol. The minimum atomic E-state index is -4.39. The summed E-state index contributed by atoms with van der Waals surface area (Å²) in [5.74, 6) is -0.712. The van der Waals surface area contributed by atoms with Crippen molar-refractivity contribution < 1.29 is 18.0 Å². The van der Waals surface area contributed by atoms with E-state index in [2.05, 4.69) is 4.98 Å². The molecule has 0 unspecified atom stereocenters. The van der Waals surface area contributed by atoms with Gasteiger partial charge in [-0.3, -0.25) is 9.78 Å². The van der Waals surface area contributed by atoms with Crippen molar-refractivity contribution in [2.75, 3.05) is 0 Å². The number of nitrogens with zero attached hydrogens (tertiary/aromatic N) is 1. The Balaban J connectivity index is 2.59. The van der Waals surface area contributed by atoms with Gasteiger partial charge in [-0.25, -0.2) is 0 Å². The van der Waals surface area contributed by atoms with Gasteiger partial charge in [0, 0.05) is 6.20 Å². The molecule has 2 N–H and O–H groups in total. The third-order valence-electron chi connectivity index (χ3n) is 1.93. The number of hydrogen-bond acceptors (Lipinski definition) is 3. The molecular weight excluding hydrogens is 241 g/mol. The molecule has 2 aromatic rings. The lowest BCUT2D eigenvalue weighted by Crippen LogP contribution is -2.10. The Morgan fingerprint density at radius 1 is 1.38 bits per heavy atom. The predicted molar refractivity (Wildman–Crippen MR) is 53.1 cm³/mol. The van der Waals surface area contributed by atoms with E-state index in [1.807, 2.05) is 0 Å². The molecule has 2 rings (SSSR count). The molecule has 0 aliphatic carbocycles. The molecule has 16 heavy (non-hydrogen) atoms. The second-order valence-corrected chi connectivity index (χ2v) is 4.16. The molecule has 0 saturated heterocycles. The Kier molecular flexibility index (Phi) is 2.34. The van der Waals surface area contributed by atoms with Crippen molar-refractivity contribution in [3.8, 4) is 0 Å². The zero-order chi connectivity index (χ0) is 11.9. The number of aromatic nitrogens is 1. The zero-order valence-corrected chi connectivity index (χ0v) is 8.52. The number of halogens is 3. The van der Waals surface area contributed by atoms with Gasteiger partial charge in [0.2, 0.25) is 5.91 Å². The molecule has 0 spiro atoms. The highest BCUT2D eigenvalue weighted by Crippen LogP contribution is 2.37. The van der Waals surface area contributed by atoms with Gasteiger partial charge in [0.15, 0.2) is 0 Å². The number of carbonyl (C=O) groups excluding carboxylic acids is 1. The quantitative estimate of drug-likeness (QED) is 0.840. The Hall–Kier alpha value is -1.63. The molecule has 3 nitrogen and oxygen atoms in total. The standard InChI is InChI=1S/C9H5F3N2OS/c10-9(11,12)7-2-5-6(16-7)1-4(3-14-5)8(13)15/h1-3H,(H2,13,15). The first-order valence-corrected chi connectivity index (χ1v) is 4.96. The maximum absolute atomic E-state index is 12.4. The summed E-state index contributed by atoms with van der Waals surface area (Å²) in [6, 6.07) is 2.26. The van der Waals surface area contributed by atoms with Crippen LogP contribution in [0.5, 0.6) is 0 Å². The molecule has 0 aromatic carbocycles. The summed E-state index contributed by atoms with van der Waals surface area (Å²) in [7, 11) is 0. The fourth-order valence-corrected chi connectivity index (χ4v) is 2.12.